The van der Waals surface area contributed by atoms with Gasteiger partial charge in [-0.05, 0) is 30.5 Å². The molecule has 2 aliphatic rings. The van der Waals surface area contributed by atoms with Gasteiger partial charge < -0.3 is 17.6 Å². The number of aromatic nitrogens is 2. The molecule has 116 valence electrons. The quantitative estimate of drug-likeness (QED) is 0.627. The maximum atomic E-state index is 14.8. The highest BCUT2D eigenvalue weighted by molar-refractivity contribution is 6.57. The lowest BCUT2D eigenvalue weighted by molar-refractivity contribution is -0.356. The van der Waals surface area contributed by atoms with Crippen LogP contribution in [0.3, 0.4) is 0 Å². The zero-order chi connectivity index (χ0) is 16.3. The van der Waals surface area contributed by atoms with Crippen molar-refractivity contribution in [1.29, 1.82) is 0 Å². The minimum atomic E-state index is -3.86. The summed E-state index contributed by atoms with van der Waals surface area (Å²) in [7, 11) is 0. The number of allylic oxidation sites excluding steroid dienone is 2. The average molecular weight is 319 g/mol. The molecule has 0 N–H and O–H groups in total. The van der Waals surface area contributed by atoms with Crippen LogP contribution in [0.2, 0.25) is 0 Å². The van der Waals surface area contributed by atoms with Gasteiger partial charge in [-0.2, -0.15) is 0 Å². The van der Waals surface area contributed by atoms with Crippen LogP contribution in [0.25, 0.3) is 16.5 Å². The Morgan fingerprint density at radius 3 is 2.83 bits per heavy atom. The molecule has 0 aliphatic carbocycles. The van der Waals surface area contributed by atoms with Crippen molar-refractivity contribution in [2.75, 3.05) is 0 Å². The normalized spacial score (nSPS) is 17.8. The monoisotopic (exact) mass is 319 g/mol. The van der Waals surface area contributed by atoms with Gasteiger partial charge >= 0.3 is 6.97 Å². The van der Waals surface area contributed by atoms with Crippen molar-refractivity contribution in [3.05, 3.63) is 84.0 Å². The molecular formula is C18H12BF2N3. The van der Waals surface area contributed by atoms with E-state index in [4.69, 9.17) is 0 Å². The van der Waals surface area contributed by atoms with E-state index >= 15 is 0 Å². The first-order chi connectivity index (χ1) is 11.7. The van der Waals surface area contributed by atoms with Gasteiger partial charge in [-0.1, -0.05) is 18.2 Å². The molecule has 5 rings (SSSR count). The Morgan fingerprint density at radius 2 is 1.92 bits per heavy atom. The molecule has 0 atom stereocenters. The van der Waals surface area contributed by atoms with Crippen molar-refractivity contribution in [2.24, 2.45) is 0 Å². The zero-order valence-corrected chi connectivity index (χ0v) is 12.6. The van der Waals surface area contributed by atoms with E-state index in [1.54, 1.807) is 30.5 Å². The van der Waals surface area contributed by atoms with Crippen molar-refractivity contribution in [1.82, 2.24) is 9.46 Å². The minimum Gasteiger partial charge on any atom is -0.396 e. The Morgan fingerprint density at radius 1 is 1.04 bits per heavy atom. The van der Waals surface area contributed by atoms with E-state index in [0.29, 0.717) is 11.4 Å². The fourth-order valence-electron chi connectivity index (χ4n) is 3.61. The van der Waals surface area contributed by atoms with Gasteiger partial charge in [0.1, 0.15) is 6.21 Å². The lowest BCUT2D eigenvalue weighted by atomic mass is 9.86. The Balaban J connectivity index is 1.91. The zero-order valence-electron chi connectivity index (χ0n) is 12.6. The van der Waals surface area contributed by atoms with Gasteiger partial charge in [0.05, 0.1) is 11.1 Å². The van der Waals surface area contributed by atoms with Crippen molar-refractivity contribution in [2.45, 2.75) is 0 Å². The third kappa shape index (κ3) is 1.60. The van der Waals surface area contributed by atoms with E-state index in [1.165, 1.54) is 12.4 Å². The highest BCUT2D eigenvalue weighted by atomic mass is 19.2. The van der Waals surface area contributed by atoms with Crippen LogP contribution in [0.15, 0.2) is 72.7 Å². The van der Waals surface area contributed by atoms with Crippen LogP contribution >= 0.6 is 0 Å². The van der Waals surface area contributed by atoms with Crippen LogP contribution in [0.1, 0.15) is 11.3 Å². The number of benzene rings is 1. The molecule has 3 aromatic rings. The van der Waals surface area contributed by atoms with Gasteiger partial charge in [0.25, 0.3) is 0 Å². The molecule has 6 heteroatoms. The largest absolute Gasteiger partial charge is 0.737 e. The summed E-state index contributed by atoms with van der Waals surface area (Å²) >= 11 is 0. The number of halogens is 2. The summed E-state index contributed by atoms with van der Waals surface area (Å²) in [6.45, 7) is -3.86. The molecular weight excluding hydrogens is 307 g/mol. The number of rotatable bonds is 1. The fraction of sp³-hybridized carbons (Fsp3) is 0. The van der Waals surface area contributed by atoms with Crippen molar-refractivity contribution in [3.63, 3.8) is 0 Å². The van der Waals surface area contributed by atoms with Crippen molar-refractivity contribution >= 4 is 29.7 Å². The molecule has 0 bridgehead atoms. The number of hydrogen-bond donors (Lipinski definition) is 0. The van der Waals surface area contributed by atoms with Crippen LogP contribution in [-0.4, -0.2) is 27.1 Å². The number of fused-ring (bicyclic) bond motifs is 3. The Kier molecular flexibility index (Phi) is 2.52. The summed E-state index contributed by atoms with van der Waals surface area (Å²) in [6.07, 6.45) is 8.03. The van der Waals surface area contributed by atoms with Gasteiger partial charge in [0, 0.05) is 35.0 Å². The summed E-state index contributed by atoms with van der Waals surface area (Å²) in [5.41, 5.74) is 3.62. The molecule has 1 aromatic carbocycles. The van der Waals surface area contributed by atoms with Crippen LogP contribution in [0.5, 0.6) is 0 Å². The molecule has 0 saturated carbocycles. The minimum absolute atomic E-state index is 0.530. The number of hydrogen-bond acceptors (Lipinski definition) is 1. The van der Waals surface area contributed by atoms with E-state index < -0.39 is 6.97 Å². The maximum absolute atomic E-state index is 14.8. The molecule has 24 heavy (non-hydrogen) atoms. The van der Waals surface area contributed by atoms with E-state index in [9.17, 15) is 8.63 Å². The standard InChI is InChI=1S/C18H12BF2N3/c20-19(21)23-11-3-7-16(23)18(17-8-4-12-24(17)19)14-9-10-22-15-6-2-1-5-13(14)15/h1-12H. The summed E-state index contributed by atoms with van der Waals surface area (Å²) in [5.74, 6) is 0. The second-order valence-corrected chi connectivity index (χ2v) is 5.94. The van der Waals surface area contributed by atoms with Crippen LogP contribution in [0.4, 0.5) is 8.63 Å². The number of para-hydroxylation sites is 1. The van der Waals surface area contributed by atoms with E-state index in [-0.39, 0.29) is 0 Å². The van der Waals surface area contributed by atoms with Gasteiger partial charge in [-0.15, -0.1) is 0 Å². The second-order valence-electron chi connectivity index (χ2n) is 5.94. The first-order valence-corrected chi connectivity index (χ1v) is 7.76. The van der Waals surface area contributed by atoms with E-state index in [1.807, 2.05) is 30.3 Å². The van der Waals surface area contributed by atoms with E-state index in [2.05, 4.69) is 4.98 Å². The molecule has 0 unspecified atom stereocenters. The smallest absolute Gasteiger partial charge is 0.396 e. The topological polar surface area (TPSA) is 20.8 Å². The third-order valence-electron chi connectivity index (χ3n) is 4.66. The van der Waals surface area contributed by atoms with Crippen molar-refractivity contribution in [3.8, 4) is 0 Å². The number of pyridine rings is 1. The third-order valence-corrected chi connectivity index (χ3v) is 4.66. The molecule has 0 radical (unpaired) electrons. The average Bonchev–Trinajstić information content (AvgIpc) is 3.25. The van der Waals surface area contributed by atoms with Gasteiger partial charge in [-0.25, -0.2) is 0 Å². The molecule has 0 amide bonds. The van der Waals surface area contributed by atoms with Gasteiger partial charge in [-0.3, -0.25) is 4.98 Å². The molecule has 0 fully saturated rings. The highest BCUT2D eigenvalue weighted by Crippen LogP contribution is 2.40. The molecule has 0 saturated heterocycles. The molecule has 0 spiro atoms. The summed E-state index contributed by atoms with van der Waals surface area (Å²) in [4.78, 5) is 4.38. The highest BCUT2D eigenvalue weighted by Gasteiger charge is 2.51. The lowest BCUT2D eigenvalue weighted by Crippen LogP contribution is -2.49. The molecule has 2 aromatic heterocycles. The lowest BCUT2D eigenvalue weighted by Gasteiger charge is -2.31. The van der Waals surface area contributed by atoms with E-state index in [0.717, 1.165) is 31.0 Å². The second kappa shape index (κ2) is 4.51. The molecule has 4 heterocycles. The fourth-order valence-corrected chi connectivity index (χ4v) is 3.61. The summed E-state index contributed by atoms with van der Waals surface area (Å²) in [5, 5.41) is 0.952. The first-order valence-electron chi connectivity index (χ1n) is 7.76. The molecule has 2 aliphatic heterocycles. The van der Waals surface area contributed by atoms with Crippen LogP contribution < -0.4 is 0 Å². The first kappa shape index (κ1) is 13.4. The number of nitrogens with zero attached hydrogens (tertiary/aromatic N) is 3. The SMILES string of the molecule is F[B-]1(F)n2cccc2C(c2ccnc3ccccc23)=C2C=CC=[N+]21. The Labute approximate surface area is 136 Å². The maximum Gasteiger partial charge on any atom is 0.737 e. The summed E-state index contributed by atoms with van der Waals surface area (Å²) in [6, 6.07) is 13.1. The Hall–Kier alpha value is -3.02. The van der Waals surface area contributed by atoms with Gasteiger partial charge in [0.2, 0.25) is 0 Å². The Bertz CT molecular complexity index is 1090. The predicted molar refractivity (Wildman–Crippen MR) is 91.0 cm³/mol. The van der Waals surface area contributed by atoms with Crippen LogP contribution in [-0.2, 0) is 0 Å². The van der Waals surface area contributed by atoms with Gasteiger partial charge in [0.15, 0.2) is 5.70 Å². The molecule has 3 nitrogen and oxygen atoms in total. The summed E-state index contributed by atoms with van der Waals surface area (Å²) < 4.78 is 31.8. The van der Waals surface area contributed by atoms with Crippen molar-refractivity contribution < 1.29 is 13.1 Å². The predicted octanol–water partition coefficient (Wildman–Crippen LogP) is 3.69. The van der Waals surface area contributed by atoms with Crippen LogP contribution in [0, 0.1) is 0 Å².